The van der Waals surface area contributed by atoms with Crippen LogP contribution in [0, 0.1) is 16.0 Å². The van der Waals surface area contributed by atoms with Gasteiger partial charge in [0.25, 0.3) is 17.5 Å². The van der Waals surface area contributed by atoms with E-state index in [4.69, 9.17) is 20.9 Å². The van der Waals surface area contributed by atoms with Gasteiger partial charge in [0, 0.05) is 61.8 Å². The highest BCUT2D eigenvalue weighted by Crippen LogP contribution is 2.21. The number of rotatable bonds is 22. The highest BCUT2D eigenvalue weighted by molar-refractivity contribution is 6.12. The summed E-state index contributed by atoms with van der Waals surface area (Å²) in [6, 6.07) is 19.7. The fraction of sp³-hybridized carbons (Fsp3) is 0.325. The summed E-state index contributed by atoms with van der Waals surface area (Å²) in [4.78, 5) is 91.6. The Labute approximate surface area is 328 Å². The summed E-state index contributed by atoms with van der Waals surface area (Å²) in [5, 5.41) is 16.5. The summed E-state index contributed by atoms with van der Waals surface area (Å²) in [5.74, 6) is -2.64. The van der Waals surface area contributed by atoms with Crippen molar-refractivity contribution in [2.24, 2.45) is 22.4 Å². The molecule has 17 nitrogen and oxygen atoms in total. The number of amides is 4. The van der Waals surface area contributed by atoms with Crippen LogP contribution in [0.25, 0.3) is 0 Å². The van der Waals surface area contributed by atoms with Crippen LogP contribution in [0.5, 0.6) is 5.75 Å². The SMILES string of the molecule is NC(N)=NCCC[C@H](CC(=O)[C@H](Cc1ccccc1)NC(=O)CCCCCN1C(=O)C=CC1=O)C(=O)Nc1ccc(COC(=O)Oc2ccc([N+](=O)[O-])cc2)cc1. The minimum absolute atomic E-state index is 0.0709. The molecule has 0 spiro atoms. The molecule has 1 aliphatic heterocycles. The molecule has 6 N–H and O–H groups in total. The molecule has 0 aromatic heterocycles. The van der Waals surface area contributed by atoms with Gasteiger partial charge in [-0.15, -0.1) is 0 Å². The topological polar surface area (TPSA) is 256 Å². The van der Waals surface area contributed by atoms with Crippen molar-refractivity contribution in [1.82, 2.24) is 10.2 Å². The van der Waals surface area contributed by atoms with Crippen LogP contribution in [0.1, 0.15) is 56.1 Å². The number of ether oxygens (including phenoxy) is 2. The zero-order valence-electron chi connectivity index (χ0n) is 31.2. The molecule has 1 aliphatic rings. The van der Waals surface area contributed by atoms with Gasteiger partial charge in [-0.1, -0.05) is 48.9 Å². The Morgan fingerprint density at radius 1 is 0.842 bits per heavy atom. The van der Waals surface area contributed by atoms with Crippen molar-refractivity contribution in [2.45, 2.75) is 64.0 Å². The van der Waals surface area contributed by atoms with E-state index in [0.29, 0.717) is 36.9 Å². The number of hydrogen-bond donors (Lipinski definition) is 4. The number of nitrogens with one attached hydrogen (secondary N) is 2. The standard InChI is InChI=1S/C40H45N7O10/c41-39(42)43-22-7-10-29(38(52)44-30-14-12-28(13-15-30)26-56-40(53)57-32-18-16-31(17-19-32)47(54)55)25-34(48)33(24-27-8-3-1-4-9-27)45-35(49)11-5-2-6-23-46-36(50)20-21-37(46)51/h1,3-4,8-9,12-21,29,33H,2,5-7,10-11,22-26H2,(H,44,52)(H,45,49)(H4,41,42,43)/t29-,33+/m1/s1. The normalized spacial score (nSPS) is 13.0. The smallest absolute Gasteiger partial charge is 0.429 e. The molecule has 2 atom stereocenters. The van der Waals surface area contributed by atoms with Crippen LogP contribution < -0.4 is 26.8 Å². The van der Waals surface area contributed by atoms with E-state index in [-0.39, 0.29) is 86.3 Å². The van der Waals surface area contributed by atoms with E-state index in [9.17, 15) is 38.9 Å². The Bertz CT molecular complexity index is 1930. The first-order valence-electron chi connectivity index (χ1n) is 18.3. The third-order valence-corrected chi connectivity index (χ3v) is 8.84. The summed E-state index contributed by atoms with van der Waals surface area (Å²) in [6.07, 6.45) is 3.87. The van der Waals surface area contributed by atoms with Crippen molar-refractivity contribution in [2.75, 3.05) is 18.4 Å². The average molecular weight is 784 g/mol. The second-order valence-corrected chi connectivity index (χ2v) is 13.2. The Balaban J connectivity index is 1.34. The number of Topliss-reactive ketones (excluding diaryl/α,β-unsaturated/α-hetero) is 1. The molecule has 0 fully saturated rings. The first-order valence-corrected chi connectivity index (χ1v) is 18.3. The molecule has 57 heavy (non-hydrogen) atoms. The number of aliphatic imine (C=N–C) groups is 1. The molecule has 0 saturated heterocycles. The van der Waals surface area contributed by atoms with Gasteiger partial charge in [0.05, 0.1) is 11.0 Å². The van der Waals surface area contributed by atoms with Crippen LogP contribution in [0.4, 0.5) is 16.2 Å². The number of carbonyl (C=O) groups is 6. The van der Waals surface area contributed by atoms with E-state index in [2.05, 4.69) is 15.6 Å². The first-order chi connectivity index (χ1) is 27.4. The molecule has 0 unspecified atom stereocenters. The number of nitrogens with zero attached hydrogens (tertiary/aromatic N) is 3. The van der Waals surface area contributed by atoms with E-state index in [0.717, 1.165) is 10.5 Å². The van der Waals surface area contributed by atoms with Gasteiger partial charge in [0.2, 0.25) is 11.8 Å². The molecule has 0 radical (unpaired) electrons. The molecule has 4 rings (SSSR count). The molecule has 3 aromatic rings. The lowest BCUT2D eigenvalue weighted by Crippen LogP contribution is -2.43. The zero-order chi connectivity index (χ0) is 41.2. The summed E-state index contributed by atoms with van der Waals surface area (Å²) < 4.78 is 10.2. The maximum Gasteiger partial charge on any atom is 0.514 e. The Kier molecular flexibility index (Phi) is 16.4. The maximum atomic E-state index is 13.9. The molecule has 1 heterocycles. The third kappa shape index (κ3) is 14.7. The van der Waals surface area contributed by atoms with Crippen LogP contribution in [0.3, 0.4) is 0 Å². The fourth-order valence-corrected chi connectivity index (χ4v) is 5.83. The lowest BCUT2D eigenvalue weighted by Gasteiger charge is -2.22. The number of nitro groups is 1. The van der Waals surface area contributed by atoms with Crippen LogP contribution >= 0.6 is 0 Å². The Morgan fingerprint density at radius 2 is 1.53 bits per heavy atom. The van der Waals surface area contributed by atoms with Crippen molar-refractivity contribution in [3.63, 3.8) is 0 Å². The number of nitrogens with two attached hydrogens (primary N) is 2. The van der Waals surface area contributed by atoms with Gasteiger partial charge in [-0.25, -0.2) is 4.79 Å². The van der Waals surface area contributed by atoms with Crippen LogP contribution in [-0.4, -0.2) is 70.5 Å². The van der Waals surface area contributed by atoms with Crippen LogP contribution in [-0.2, 0) is 41.7 Å². The molecule has 17 heteroatoms. The van der Waals surface area contributed by atoms with Crippen molar-refractivity contribution >= 4 is 52.9 Å². The van der Waals surface area contributed by atoms with Gasteiger partial charge < -0.3 is 31.6 Å². The minimum atomic E-state index is -1.01. The maximum absolute atomic E-state index is 13.9. The number of hydrogen-bond acceptors (Lipinski definition) is 11. The lowest BCUT2D eigenvalue weighted by molar-refractivity contribution is -0.384. The average Bonchev–Trinajstić information content (AvgIpc) is 3.51. The van der Waals surface area contributed by atoms with Gasteiger partial charge in [-0.2, -0.15) is 0 Å². The van der Waals surface area contributed by atoms with E-state index in [1.807, 2.05) is 30.3 Å². The zero-order valence-corrected chi connectivity index (χ0v) is 31.2. The Hall–Kier alpha value is -6.91. The third-order valence-electron chi connectivity index (χ3n) is 8.84. The molecular formula is C40H45N7O10. The van der Waals surface area contributed by atoms with E-state index >= 15 is 0 Å². The lowest BCUT2D eigenvalue weighted by atomic mass is 9.91. The summed E-state index contributed by atoms with van der Waals surface area (Å²) in [7, 11) is 0. The minimum Gasteiger partial charge on any atom is -0.429 e. The Morgan fingerprint density at radius 3 is 2.18 bits per heavy atom. The summed E-state index contributed by atoms with van der Waals surface area (Å²) in [5.41, 5.74) is 12.6. The van der Waals surface area contributed by atoms with Crippen molar-refractivity contribution in [3.05, 3.63) is 112 Å². The van der Waals surface area contributed by atoms with Gasteiger partial charge in [0.1, 0.15) is 12.4 Å². The molecule has 0 saturated carbocycles. The number of guanidine groups is 1. The molecule has 300 valence electrons. The number of unbranched alkanes of at least 4 members (excludes halogenated alkanes) is 2. The van der Waals surface area contributed by atoms with Crippen molar-refractivity contribution in [1.29, 1.82) is 0 Å². The van der Waals surface area contributed by atoms with Crippen molar-refractivity contribution < 1.29 is 43.2 Å². The largest absolute Gasteiger partial charge is 0.514 e. The number of nitro benzene ring substituents is 1. The van der Waals surface area contributed by atoms with E-state index < -0.39 is 28.9 Å². The highest BCUT2D eigenvalue weighted by atomic mass is 16.7. The number of benzene rings is 3. The van der Waals surface area contributed by atoms with Crippen LogP contribution in [0.2, 0.25) is 0 Å². The summed E-state index contributed by atoms with van der Waals surface area (Å²) in [6.45, 7) is 0.341. The van der Waals surface area contributed by atoms with Gasteiger partial charge >= 0.3 is 6.16 Å². The van der Waals surface area contributed by atoms with Gasteiger partial charge in [0.15, 0.2) is 11.7 Å². The van der Waals surface area contributed by atoms with Gasteiger partial charge in [-0.3, -0.25) is 44.0 Å². The molecule has 0 bridgehead atoms. The predicted octanol–water partition coefficient (Wildman–Crippen LogP) is 4.09. The second kappa shape index (κ2) is 21.8. The van der Waals surface area contributed by atoms with Crippen LogP contribution in [0.15, 0.2) is 96.0 Å². The second-order valence-electron chi connectivity index (χ2n) is 13.2. The molecule has 3 aromatic carbocycles. The van der Waals surface area contributed by atoms with E-state index in [1.165, 1.54) is 36.4 Å². The summed E-state index contributed by atoms with van der Waals surface area (Å²) >= 11 is 0. The highest BCUT2D eigenvalue weighted by Gasteiger charge is 2.28. The van der Waals surface area contributed by atoms with E-state index in [1.54, 1.807) is 24.3 Å². The number of anilines is 1. The number of non-ortho nitro benzene ring substituents is 1. The monoisotopic (exact) mass is 783 g/mol. The molecular weight excluding hydrogens is 738 g/mol. The molecule has 4 amide bonds. The number of imide groups is 1. The molecule has 0 aliphatic carbocycles. The van der Waals surface area contributed by atoms with Crippen molar-refractivity contribution in [3.8, 4) is 5.75 Å². The number of carbonyl (C=O) groups excluding carboxylic acids is 6. The fourth-order valence-electron chi connectivity index (χ4n) is 5.83. The predicted molar refractivity (Wildman–Crippen MR) is 208 cm³/mol. The van der Waals surface area contributed by atoms with Gasteiger partial charge in [-0.05, 0) is 67.5 Å². The number of ketones is 1. The quantitative estimate of drug-likeness (QED) is 0.0164. The first kappa shape index (κ1) is 42.8.